The Hall–Kier alpha value is -3.66. The van der Waals surface area contributed by atoms with Gasteiger partial charge in [-0.2, -0.15) is 5.26 Å². The van der Waals surface area contributed by atoms with Gasteiger partial charge in [0.05, 0.1) is 24.4 Å². The molecule has 1 amide bonds. The summed E-state index contributed by atoms with van der Waals surface area (Å²) in [6.07, 6.45) is 1.55. The minimum absolute atomic E-state index is 0.215. The van der Waals surface area contributed by atoms with Gasteiger partial charge in [0.1, 0.15) is 5.76 Å². The van der Waals surface area contributed by atoms with Crippen molar-refractivity contribution in [2.24, 2.45) is 0 Å². The molecule has 0 spiro atoms. The highest BCUT2D eigenvalue weighted by Crippen LogP contribution is 2.14. The van der Waals surface area contributed by atoms with Crippen LogP contribution < -0.4 is 10.6 Å². The lowest BCUT2D eigenvalue weighted by atomic mass is 10.2. The van der Waals surface area contributed by atoms with Gasteiger partial charge in [0, 0.05) is 5.69 Å². The van der Waals surface area contributed by atoms with Crippen LogP contribution >= 0.6 is 0 Å². The monoisotopic (exact) mass is 319 g/mol. The molecule has 0 saturated heterocycles. The third-order valence-corrected chi connectivity index (χ3v) is 3.19. The summed E-state index contributed by atoms with van der Waals surface area (Å²) >= 11 is 0. The topological polar surface area (TPSA) is 104 Å². The molecule has 0 atom stereocenters. The number of nitriles is 1. The fraction of sp³-hybridized carbons (Fsp3) is 0.0588. The number of rotatable bonds is 5. The molecule has 2 N–H and O–H groups in total. The second-order valence-electron chi connectivity index (χ2n) is 4.88. The number of amides is 1. The number of carbonyl (C=O) groups excluding carboxylic acids is 1. The van der Waals surface area contributed by atoms with Gasteiger partial charge in [-0.1, -0.05) is 0 Å². The van der Waals surface area contributed by atoms with E-state index in [0.29, 0.717) is 23.7 Å². The maximum Gasteiger partial charge on any atom is 0.272 e. The second-order valence-corrected chi connectivity index (χ2v) is 4.88. The molecular formula is C17H13N5O2. The average Bonchev–Trinajstić information content (AvgIpc) is 3.14. The molecule has 7 heteroatoms. The van der Waals surface area contributed by atoms with Crippen LogP contribution in [0.4, 0.5) is 11.5 Å². The smallest absolute Gasteiger partial charge is 0.272 e. The van der Waals surface area contributed by atoms with Crippen molar-refractivity contribution in [1.82, 2.24) is 15.5 Å². The van der Waals surface area contributed by atoms with E-state index in [2.05, 4.69) is 26.9 Å². The number of anilines is 2. The van der Waals surface area contributed by atoms with Crippen molar-refractivity contribution in [2.45, 2.75) is 6.54 Å². The van der Waals surface area contributed by atoms with Gasteiger partial charge in [-0.15, -0.1) is 10.2 Å². The Morgan fingerprint density at radius 1 is 1.12 bits per heavy atom. The van der Waals surface area contributed by atoms with Crippen molar-refractivity contribution >= 4 is 17.4 Å². The molecule has 118 valence electrons. The quantitative estimate of drug-likeness (QED) is 0.749. The predicted molar refractivity (Wildman–Crippen MR) is 86.3 cm³/mol. The molecule has 0 unspecified atom stereocenters. The van der Waals surface area contributed by atoms with Crippen molar-refractivity contribution in [3.05, 3.63) is 71.8 Å². The summed E-state index contributed by atoms with van der Waals surface area (Å²) in [6.45, 7) is 0.290. The molecule has 2 heterocycles. The molecule has 2 aromatic heterocycles. The summed E-state index contributed by atoms with van der Waals surface area (Å²) in [6, 6.07) is 15.8. The van der Waals surface area contributed by atoms with Gasteiger partial charge in [-0.05, 0) is 48.5 Å². The van der Waals surface area contributed by atoms with Crippen LogP contribution in [-0.2, 0) is 6.54 Å². The van der Waals surface area contributed by atoms with Crippen molar-refractivity contribution in [3.8, 4) is 6.07 Å². The fourth-order valence-electron chi connectivity index (χ4n) is 1.97. The first-order valence-electron chi connectivity index (χ1n) is 7.16. The SMILES string of the molecule is N#Cc1ccc(Nc2ccc(C(=O)NCc3ccco3)nn2)cc1. The summed E-state index contributed by atoms with van der Waals surface area (Å²) in [5.41, 5.74) is 1.57. The molecule has 7 nitrogen and oxygen atoms in total. The van der Waals surface area contributed by atoms with Crippen LogP contribution in [0.1, 0.15) is 21.8 Å². The normalized spacial score (nSPS) is 9.96. The number of nitrogens with one attached hydrogen (secondary N) is 2. The van der Waals surface area contributed by atoms with Crippen molar-refractivity contribution in [2.75, 3.05) is 5.32 Å². The molecule has 1 aromatic carbocycles. The highest BCUT2D eigenvalue weighted by atomic mass is 16.3. The van der Waals surface area contributed by atoms with Gasteiger partial charge in [-0.25, -0.2) is 0 Å². The van der Waals surface area contributed by atoms with Crippen LogP contribution in [0.5, 0.6) is 0 Å². The molecular weight excluding hydrogens is 306 g/mol. The first-order valence-corrected chi connectivity index (χ1v) is 7.16. The van der Waals surface area contributed by atoms with Crippen molar-refractivity contribution in [3.63, 3.8) is 0 Å². The Labute approximate surface area is 137 Å². The fourth-order valence-corrected chi connectivity index (χ4v) is 1.97. The minimum atomic E-state index is -0.330. The third-order valence-electron chi connectivity index (χ3n) is 3.19. The zero-order valence-corrected chi connectivity index (χ0v) is 12.6. The number of hydrogen-bond donors (Lipinski definition) is 2. The Balaban J connectivity index is 1.60. The number of benzene rings is 1. The van der Waals surface area contributed by atoms with Crippen LogP contribution in [0.2, 0.25) is 0 Å². The molecule has 0 bridgehead atoms. The summed E-state index contributed by atoms with van der Waals surface area (Å²) in [5.74, 6) is 0.835. The highest BCUT2D eigenvalue weighted by molar-refractivity contribution is 5.92. The first-order chi connectivity index (χ1) is 11.7. The van der Waals surface area contributed by atoms with E-state index in [9.17, 15) is 4.79 Å². The second kappa shape index (κ2) is 7.07. The minimum Gasteiger partial charge on any atom is -0.467 e. The molecule has 3 aromatic rings. The first kappa shape index (κ1) is 15.2. The lowest BCUT2D eigenvalue weighted by Crippen LogP contribution is -2.23. The number of carbonyl (C=O) groups is 1. The van der Waals surface area contributed by atoms with Crippen LogP contribution in [-0.4, -0.2) is 16.1 Å². The molecule has 0 saturated carbocycles. The molecule has 3 rings (SSSR count). The Morgan fingerprint density at radius 3 is 2.58 bits per heavy atom. The van der Waals surface area contributed by atoms with E-state index >= 15 is 0 Å². The maximum absolute atomic E-state index is 12.0. The molecule has 0 aliphatic rings. The molecule has 0 radical (unpaired) electrons. The molecule has 24 heavy (non-hydrogen) atoms. The summed E-state index contributed by atoms with van der Waals surface area (Å²) < 4.78 is 5.14. The number of aromatic nitrogens is 2. The van der Waals surface area contributed by atoms with Crippen LogP contribution in [0.15, 0.2) is 59.2 Å². The van der Waals surface area contributed by atoms with E-state index < -0.39 is 0 Å². The Morgan fingerprint density at radius 2 is 1.96 bits per heavy atom. The summed E-state index contributed by atoms with van der Waals surface area (Å²) in [7, 11) is 0. The molecule has 0 fully saturated rings. The molecule has 0 aliphatic carbocycles. The van der Waals surface area contributed by atoms with Crippen molar-refractivity contribution in [1.29, 1.82) is 5.26 Å². The Bertz CT molecular complexity index is 850. The summed E-state index contributed by atoms with van der Waals surface area (Å²) in [5, 5.41) is 22.4. The van der Waals surface area contributed by atoms with Gasteiger partial charge >= 0.3 is 0 Å². The zero-order valence-electron chi connectivity index (χ0n) is 12.6. The zero-order chi connectivity index (χ0) is 16.8. The predicted octanol–water partition coefficient (Wildman–Crippen LogP) is 2.61. The largest absolute Gasteiger partial charge is 0.467 e. The van der Waals surface area contributed by atoms with Gasteiger partial charge in [0.15, 0.2) is 11.5 Å². The molecule has 0 aliphatic heterocycles. The Kier molecular flexibility index (Phi) is 4.49. The van der Waals surface area contributed by atoms with Gasteiger partial charge in [0.25, 0.3) is 5.91 Å². The number of hydrogen-bond acceptors (Lipinski definition) is 6. The van der Waals surface area contributed by atoms with E-state index in [4.69, 9.17) is 9.68 Å². The van der Waals surface area contributed by atoms with E-state index in [1.54, 1.807) is 54.8 Å². The van der Waals surface area contributed by atoms with E-state index in [-0.39, 0.29) is 11.6 Å². The van der Waals surface area contributed by atoms with Gasteiger partial charge in [-0.3, -0.25) is 4.79 Å². The average molecular weight is 319 g/mol. The standard InChI is InChI=1S/C17H13N5O2/c18-10-12-3-5-13(6-4-12)20-16-8-7-15(21-22-16)17(23)19-11-14-2-1-9-24-14/h1-9H,11H2,(H,19,23)(H,20,22). The van der Waals surface area contributed by atoms with Crippen LogP contribution in [0, 0.1) is 11.3 Å². The van der Waals surface area contributed by atoms with E-state index in [1.807, 2.05) is 0 Å². The lowest BCUT2D eigenvalue weighted by molar-refractivity contribution is 0.0942. The maximum atomic E-state index is 12.0. The van der Waals surface area contributed by atoms with Crippen LogP contribution in [0.3, 0.4) is 0 Å². The van der Waals surface area contributed by atoms with Crippen molar-refractivity contribution < 1.29 is 9.21 Å². The number of furan rings is 1. The third kappa shape index (κ3) is 3.75. The van der Waals surface area contributed by atoms with Crippen LogP contribution in [0.25, 0.3) is 0 Å². The highest BCUT2D eigenvalue weighted by Gasteiger charge is 2.08. The van der Waals surface area contributed by atoms with Gasteiger partial charge in [0.2, 0.25) is 0 Å². The summed E-state index contributed by atoms with van der Waals surface area (Å²) in [4.78, 5) is 12.0. The number of nitrogens with zero attached hydrogens (tertiary/aromatic N) is 3. The van der Waals surface area contributed by atoms with Gasteiger partial charge < -0.3 is 15.1 Å². The van der Waals surface area contributed by atoms with E-state index in [1.165, 1.54) is 0 Å². The lowest BCUT2D eigenvalue weighted by Gasteiger charge is -2.06. The van der Waals surface area contributed by atoms with E-state index in [0.717, 1.165) is 5.69 Å².